The number of hydrogen-bond acceptors (Lipinski definition) is 2. The molecule has 0 radical (unpaired) electrons. The highest BCUT2D eigenvalue weighted by Crippen LogP contribution is 2.47. The predicted molar refractivity (Wildman–Crippen MR) is 45.1 cm³/mol. The number of alkyl halides is 7. The van der Waals surface area contributed by atoms with Gasteiger partial charge in [-0.1, -0.05) is 0 Å². The molecular formula is C8H5F7N2O2. The second kappa shape index (κ2) is 4.38. The molecule has 0 bridgehead atoms. The number of carboxylic acid groups (broad SMARTS) is 1. The highest BCUT2D eigenvalue weighted by Gasteiger charge is 2.73. The molecule has 19 heavy (non-hydrogen) atoms. The van der Waals surface area contributed by atoms with Crippen molar-refractivity contribution < 1.29 is 40.6 Å². The van der Waals surface area contributed by atoms with Crippen molar-refractivity contribution >= 4 is 5.97 Å². The molecule has 0 fully saturated rings. The van der Waals surface area contributed by atoms with E-state index in [1.807, 2.05) is 0 Å². The van der Waals surface area contributed by atoms with Gasteiger partial charge >= 0.3 is 24.0 Å². The van der Waals surface area contributed by atoms with Crippen LogP contribution in [0.5, 0.6) is 0 Å². The Balaban J connectivity index is 2.99. The number of rotatable bonds is 4. The lowest BCUT2D eigenvalue weighted by Crippen LogP contribution is -2.53. The molecule has 4 nitrogen and oxygen atoms in total. The Morgan fingerprint density at radius 1 is 1.21 bits per heavy atom. The van der Waals surface area contributed by atoms with Crippen molar-refractivity contribution in [3.05, 3.63) is 18.0 Å². The van der Waals surface area contributed by atoms with Crippen molar-refractivity contribution in [2.75, 3.05) is 0 Å². The van der Waals surface area contributed by atoms with Crippen LogP contribution in [-0.4, -0.2) is 38.9 Å². The average Bonchev–Trinajstić information content (AvgIpc) is 2.63. The van der Waals surface area contributed by atoms with Gasteiger partial charge in [0.05, 0.1) is 11.8 Å². The molecule has 108 valence electrons. The molecule has 0 aromatic carbocycles. The van der Waals surface area contributed by atoms with E-state index in [2.05, 4.69) is 5.10 Å². The van der Waals surface area contributed by atoms with Gasteiger partial charge in [-0.15, -0.1) is 0 Å². The molecule has 1 N–H and O–H groups in total. The summed E-state index contributed by atoms with van der Waals surface area (Å²) >= 11 is 0. The fraction of sp³-hybridized carbons (Fsp3) is 0.500. The summed E-state index contributed by atoms with van der Waals surface area (Å²) < 4.78 is 86.3. The summed E-state index contributed by atoms with van der Waals surface area (Å²) in [6, 6.07) is 0. The predicted octanol–water partition coefficient (Wildman–Crippen LogP) is 2.41. The zero-order chi connectivity index (χ0) is 15.1. The maximum absolute atomic E-state index is 12.9. The van der Waals surface area contributed by atoms with Crippen LogP contribution in [0.2, 0.25) is 0 Å². The zero-order valence-electron chi connectivity index (χ0n) is 8.76. The second-order valence-electron chi connectivity index (χ2n) is 3.51. The van der Waals surface area contributed by atoms with Gasteiger partial charge in [0.25, 0.3) is 0 Å². The Morgan fingerprint density at radius 2 is 1.74 bits per heavy atom. The van der Waals surface area contributed by atoms with Crippen LogP contribution < -0.4 is 0 Å². The fourth-order valence-electron chi connectivity index (χ4n) is 1.07. The Kier molecular flexibility index (Phi) is 3.52. The molecule has 0 saturated carbocycles. The largest absolute Gasteiger partial charge is 0.478 e. The van der Waals surface area contributed by atoms with E-state index in [1.165, 1.54) is 0 Å². The van der Waals surface area contributed by atoms with E-state index in [4.69, 9.17) is 5.11 Å². The van der Waals surface area contributed by atoms with E-state index in [0.29, 0.717) is 12.4 Å². The minimum atomic E-state index is -6.43. The Labute approximate surface area is 100.0 Å². The first-order valence-corrected chi connectivity index (χ1v) is 4.46. The Hall–Kier alpha value is -1.81. The average molecular weight is 294 g/mol. The summed E-state index contributed by atoms with van der Waals surface area (Å²) in [6.07, 6.45) is -5.47. The zero-order valence-corrected chi connectivity index (χ0v) is 8.76. The molecule has 1 aromatic heterocycles. The van der Waals surface area contributed by atoms with Crippen LogP contribution in [0, 0.1) is 0 Å². The van der Waals surface area contributed by atoms with Crippen molar-refractivity contribution in [1.29, 1.82) is 0 Å². The maximum atomic E-state index is 12.9. The molecule has 0 spiro atoms. The van der Waals surface area contributed by atoms with Gasteiger partial charge in [0.2, 0.25) is 0 Å². The first-order valence-electron chi connectivity index (χ1n) is 4.46. The van der Waals surface area contributed by atoms with E-state index in [0.717, 1.165) is 0 Å². The number of nitrogens with zero attached hydrogens (tertiary/aromatic N) is 2. The summed E-state index contributed by atoms with van der Waals surface area (Å²) in [7, 11) is 0. The summed E-state index contributed by atoms with van der Waals surface area (Å²) in [5.41, 5.74) is -0.619. The molecule has 0 amide bonds. The molecule has 1 heterocycles. The summed E-state index contributed by atoms with van der Waals surface area (Å²) in [6.45, 7) is -2.10. The normalized spacial score (nSPS) is 13.6. The molecule has 0 aliphatic rings. The van der Waals surface area contributed by atoms with E-state index in [9.17, 15) is 35.5 Å². The number of halogens is 7. The van der Waals surface area contributed by atoms with Crippen LogP contribution >= 0.6 is 0 Å². The molecule has 0 atom stereocenters. The molecule has 1 aromatic rings. The van der Waals surface area contributed by atoms with Gasteiger partial charge < -0.3 is 5.11 Å². The molecule has 0 unspecified atom stereocenters. The maximum Gasteiger partial charge on any atom is 0.459 e. The van der Waals surface area contributed by atoms with Crippen molar-refractivity contribution in [3.63, 3.8) is 0 Å². The van der Waals surface area contributed by atoms with Crippen molar-refractivity contribution in [3.8, 4) is 0 Å². The SMILES string of the molecule is O=C(O)c1cnn(CC(F)(F)C(F)(F)C(F)(F)F)c1. The minimum absolute atomic E-state index is 0.00308. The molecule has 1 rings (SSSR count). The monoisotopic (exact) mass is 294 g/mol. The minimum Gasteiger partial charge on any atom is -0.478 e. The third-order valence-corrected chi connectivity index (χ3v) is 2.06. The van der Waals surface area contributed by atoms with Gasteiger partial charge in [-0.2, -0.15) is 35.8 Å². The Bertz CT molecular complexity index is 480. The van der Waals surface area contributed by atoms with Gasteiger partial charge in [0, 0.05) is 6.20 Å². The quantitative estimate of drug-likeness (QED) is 0.868. The first-order chi connectivity index (χ1) is 8.38. The van der Waals surface area contributed by atoms with E-state index < -0.39 is 36.1 Å². The number of hydrogen-bond donors (Lipinski definition) is 1. The fourth-order valence-corrected chi connectivity index (χ4v) is 1.07. The van der Waals surface area contributed by atoms with Crippen LogP contribution in [0.3, 0.4) is 0 Å². The van der Waals surface area contributed by atoms with Gasteiger partial charge in [-0.05, 0) is 0 Å². The molecule has 0 saturated heterocycles. The van der Waals surface area contributed by atoms with Gasteiger partial charge in [0.15, 0.2) is 0 Å². The lowest BCUT2D eigenvalue weighted by molar-refractivity contribution is -0.357. The smallest absolute Gasteiger partial charge is 0.459 e. The van der Waals surface area contributed by atoms with Gasteiger partial charge in [0.1, 0.15) is 6.54 Å². The number of carbonyl (C=O) groups is 1. The topological polar surface area (TPSA) is 55.1 Å². The van der Waals surface area contributed by atoms with E-state index >= 15 is 0 Å². The molecular weight excluding hydrogens is 289 g/mol. The van der Waals surface area contributed by atoms with Crippen LogP contribution in [0.4, 0.5) is 30.7 Å². The third-order valence-electron chi connectivity index (χ3n) is 2.06. The van der Waals surface area contributed by atoms with E-state index in [1.54, 1.807) is 0 Å². The van der Waals surface area contributed by atoms with Gasteiger partial charge in [-0.25, -0.2) is 4.79 Å². The van der Waals surface area contributed by atoms with Crippen molar-refractivity contribution in [2.45, 2.75) is 24.6 Å². The van der Waals surface area contributed by atoms with Crippen LogP contribution in [0.15, 0.2) is 12.4 Å². The van der Waals surface area contributed by atoms with Crippen LogP contribution in [0.25, 0.3) is 0 Å². The van der Waals surface area contributed by atoms with Crippen LogP contribution in [0.1, 0.15) is 10.4 Å². The number of aromatic nitrogens is 2. The van der Waals surface area contributed by atoms with Crippen LogP contribution in [-0.2, 0) is 6.54 Å². The summed E-state index contributed by atoms with van der Waals surface area (Å²) in [4.78, 5) is 10.4. The highest BCUT2D eigenvalue weighted by molar-refractivity contribution is 5.86. The van der Waals surface area contributed by atoms with E-state index in [-0.39, 0.29) is 4.68 Å². The first kappa shape index (κ1) is 15.2. The number of aromatic carboxylic acids is 1. The molecule has 11 heteroatoms. The lowest BCUT2D eigenvalue weighted by atomic mass is 10.1. The molecule has 0 aliphatic carbocycles. The van der Waals surface area contributed by atoms with Crippen molar-refractivity contribution in [2.24, 2.45) is 0 Å². The molecule has 0 aliphatic heterocycles. The van der Waals surface area contributed by atoms with Gasteiger partial charge in [-0.3, -0.25) is 4.68 Å². The van der Waals surface area contributed by atoms with Crippen molar-refractivity contribution in [1.82, 2.24) is 9.78 Å². The Morgan fingerprint density at radius 3 is 2.11 bits per heavy atom. The summed E-state index contributed by atoms with van der Waals surface area (Å²) in [5, 5.41) is 11.4. The standard InChI is InChI=1S/C8H5F7N2O2/c9-6(10,7(11,12)8(13,14)15)3-17-2-4(1-16-17)5(18)19/h1-2H,3H2,(H,18,19). The lowest BCUT2D eigenvalue weighted by Gasteiger charge is -2.27. The third kappa shape index (κ3) is 2.79. The highest BCUT2D eigenvalue weighted by atomic mass is 19.4. The second-order valence-corrected chi connectivity index (χ2v) is 3.51. The summed E-state index contributed by atoms with van der Waals surface area (Å²) in [5.74, 6) is -13.3. The number of carboxylic acids is 1.